The monoisotopic (exact) mass is 284 g/mol. The average Bonchev–Trinajstić information content (AvgIpc) is 2.33. The number of hydrogen-bond donors (Lipinski definition) is 1. The number of aromatic nitrogens is 1. The van der Waals surface area contributed by atoms with Crippen molar-refractivity contribution in [1.29, 1.82) is 0 Å². The van der Waals surface area contributed by atoms with Gasteiger partial charge in [-0.2, -0.15) is 0 Å². The minimum absolute atomic E-state index is 0.539. The number of halogens is 1. The van der Waals surface area contributed by atoms with Crippen LogP contribution in [-0.2, 0) is 11.3 Å². The summed E-state index contributed by atoms with van der Waals surface area (Å²) in [5.41, 5.74) is 1.12. The van der Waals surface area contributed by atoms with Crippen LogP contribution in [-0.4, -0.2) is 24.2 Å². The minimum atomic E-state index is 0.539. The van der Waals surface area contributed by atoms with E-state index < -0.39 is 0 Å². The van der Waals surface area contributed by atoms with Crippen molar-refractivity contribution in [1.82, 2.24) is 10.3 Å². The highest BCUT2D eigenvalue weighted by atomic mass is 79.9. The number of pyridine rings is 1. The Morgan fingerprint density at radius 1 is 1.44 bits per heavy atom. The molecule has 0 spiro atoms. The molecule has 0 unspecified atom stereocenters. The molecular weight excluding hydrogens is 268 g/mol. The molecule has 1 aromatic rings. The second-order valence-electron chi connectivity index (χ2n) is 4.15. The number of hydrogen-bond acceptors (Lipinski definition) is 3. The fraction of sp³-hybridized carbons (Fsp3) is 0.583. The lowest BCUT2D eigenvalue weighted by molar-refractivity contribution is 0.0910. The fourth-order valence-electron chi connectivity index (χ4n) is 1.88. The molecule has 0 aromatic carbocycles. The summed E-state index contributed by atoms with van der Waals surface area (Å²) < 4.78 is 6.55. The van der Waals surface area contributed by atoms with E-state index in [1.165, 1.54) is 19.3 Å². The molecule has 1 N–H and O–H groups in total. The molecule has 1 fully saturated rings. The lowest BCUT2D eigenvalue weighted by Gasteiger charge is -2.23. The van der Waals surface area contributed by atoms with Crippen molar-refractivity contribution < 1.29 is 4.74 Å². The molecule has 0 bridgehead atoms. The van der Waals surface area contributed by atoms with Crippen molar-refractivity contribution in [3.63, 3.8) is 0 Å². The minimum Gasteiger partial charge on any atom is -0.375 e. The van der Waals surface area contributed by atoms with Crippen LogP contribution in [0.25, 0.3) is 0 Å². The molecule has 0 radical (unpaired) electrons. The van der Waals surface area contributed by atoms with Gasteiger partial charge in [0.15, 0.2) is 0 Å². The smallest absolute Gasteiger partial charge is 0.106 e. The molecule has 1 aliphatic heterocycles. The molecule has 88 valence electrons. The van der Waals surface area contributed by atoms with E-state index in [-0.39, 0.29) is 0 Å². The van der Waals surface area contributed by atoms with E-state index in [1.54, 1.807) is 0 Å². The summed E-state index contributed by atoms with van der Waals surface area (Å²) in [5.74, 6) is 0. The second kappa shape index (κ2) is 6.33. The van der Waals surface area contributed by atoms with Crippen LogP contribution in [0.15, 0.2) is 22.9 Å². The van der Waals surface area contributed by atoms with Crippen LogP contribution >= 0.6 is 15.9 Å². The van der Waals surface area contributed by atoms with Gasteiger partial charge in [-0.3, -0.25) is 0 Å². The third-order valence-corrected chi connectivity index (χ3v) is 3.26. The summed E-state index contributed by atoms with van der Waals surface area (Å²) in [6.07, 6.45) is 5.70. The van der Waals surface area contributed by atoms with Crippen LogP contribution in [0.1, 0.15) is 24.8 Å². The van der Waals surface area contributed by atoms with Crippen LogP contribution in [0.4, 0.5) is 0 Å². The highest BCUT2D eigenvalue weighted by Gasteiger charge is 2.11. The quantitative estimate of drug-likeness (QED) is 0.863. The summed E-state index contributed by atoms with van der Waals surface area (Å²) in [5, 5.41) is 3.47. The molecule has 1 aromatic heterocycles. The van der Waals surface area contributed by atoms with Crippen LogP contribution in [0.2, 0.25) is 0 Å². The Balaban J connectivity index is 1.69. The lowest BCUT2D eigenvalue weighted by Crippen LogP contribution is -2.37. The molecule has 2 heterocycles. The molecule has 0 amide bonds. The Morgan fingerprint density at radius 3 is 3.06 bits per heavy atom. The number of nitrogens with one attached hydrogen (secondary N) is 1. The standard InChI is InChI=1S/C12H17BrN2O/c13-12-5-4-10(7-15-12)8-16-9-11-3-1-2-6-14-11/h4-5,7,11,14H,1-3,6,8-9H2/t11-/m0/s1. The first-order valence-electron chi connectivity index (χ1n) is 5.76. The molecule has 2 rings (SSSR count). The number of piperidine rings is 1. The fourth-order valence-corrected chi connectivity index (χ4v) is 2.11. The van der Waals surface area contributed by atoms with Gasteiger partial charge in [0.2, 0.25) is 0 Å². The summed E-state index contributed by atoms with van der Waals surface area (Å²) >= 11 is 3.31. The van der Waals surface area contributed by atoms with E-state index in [0.29, 0.717) is 12.6 Å². The van der Waals surface area contributed by atoms with Crippen molar-refractivity contribution in [3.05, 3.63) is 28.5 Å². The zero-order valence-electron chi connectivity index (χ0n) is 9.29. The Bertz CT molecular complexity index is 309. The predicted octanol–water partition coefficient (Wildman–Crippen LogP) is 2.50. The molecule has 16 heavy (non-hydrogen) atoms. The summed E-state index contributed by atoms with van der Waals surface area (Å²) in [6, 6.07) is 4.51. The maximum absolute atomic E-state index is 5.68. The number of rotatable bonds is 4. The van der Waals surface area contributed by atoms with E-state index in [0.717, 1.165) is 23.3 Å². The predicted molar refractivity (Wildman–Crippen MR) is 67.2 cm³/mol. The largest absolute Gasteiger partial charge is 0.375 e. The van der Waals surface area contributed by atoms with Gasteiger partial charge in [0.05, 0.1) is 13.2 Å². The van der Waals surface area contributed by atoms with Gasteiger partial charge in [0.25, 0.3) is 0 Å². The molecule has 4 heteroatoms. The van der Waals surface area contributed by atoms with Gasteiger partial charge in [0, 0.05) is 12.2 Å². The first kappa shape index (κ1) is 12.0. The number of ether oxygens (including phenoxy) is 1. The second-order valence-corrected chi connectivity index (χ2v) is 4.96. The molecule has 0 saturated carbocycles. The maximum Gasteiger partial charge on any atom is 0.106 e. The van der Waals surface area contributed by atoms with Crippen molar-refractivity contribution in [3.8, 4) is 0 Å². The van der Waals surface area contributed by atoms with Gasteiger partial charge in [-0.1, -0.05) is 12.5 Å². The zero-order chi connectivity index (χ0) is 11.2. The third-order valence-electron chi connectivity index (χ3n) is 2.79. The summed E-state index contributed by atoms with van der Waals surface area (Å²) in [7, 11) is 0. The topological polar surface area (TPSA) is 34.1 Å². The van der Waals surface area contributed by atoms with Gasteiger partial charge in [0.1, 0.15) is 4.60 Å². The first-order valence-corrected chi connectivity index (χ1v) is 6.55. The number of nitrogens with zero attached hydrogens (tertiary/aromatic N) is 1. The van der Waals surface area contributed by atoms with E-state index in [4.69, 9.17) is 4.74 Å². The Hall–Kier alpha value is -0.450. The van der Waals surface area contributed by atoms with Crippen LogP contribution in [0.5, 0.6) is 0 Å². The Labute approximate surface area is 105 Å². The molecule has 1 atom stereocenters. The molecule has 1 aliphatic rings. The van der Waals surface area contributed by atoms with Crippen molar-refractivity contribution in [2.45, 2.75) is 31.9 Å². The van der Waals surface area contributed by atoms with E-state index in [9.17, 15) is 0 Å². The maximum atomic E-state index is 5.68. The van der Waals surface area contributed by atoms with Gasteiger partial charge in [-0.25, -0.2) is 4.98 Å². The molecular formula is C12H17BrN2O. The SMILES string of the molecule is Brc1ccc(COC[C@@H]2CCCCN2)cn1. The van der Waals surface area contributed by atoms with Gasteiger partial charge in [-0.05, 0) is 46.9 Å². The Morgan fingerprint density at radius 2 is 2.38 bits per heavy atom. The molecule has 3 nitrogen and oxygen atoms in total. The average molecular weight is 285 g/mol. The normalized spacial score (nSPS) is 20.9. The van der Waals surface area contributed by atoms with Crippen molar-refractivity contribution in [2.75, 3.05) is 13.2 Å². The van der Waals surface area contributed by atoms with Crippen LogP contribution < -0.4 is 5.32 Å². The summed E-state index contributed by atoms with van der Waals surface area (Å²) in [6.45, 7) is 2.59. The van der Waals surface area contributed by atoms with E-state index in [2.05, 4.69) is 26.2 Å². The summed E-state index contributed by atoms with van der Waals surface area (Å²) in [4.78, 5) is 4.17. The van der Waals surface area contributed by atoms with E-state index in [1.807, 2.05) is 18.3 Å². The van der Waals surface area contributed by atoms with Gasteiger partial charge >= 0.3 is 0 Å². The third kappa shape index (κ3) is 3.85. The molecule has 1 saturated heterocycles. The molecule has 0 aliphatic carbocycles. The lowest BCUT2D eigenvalue weighted by atomic mass is 10.1. The van der Waals surface area contributed by atoms with Crippen molar-refractivity contribution in [2.24, 2.45) is 0 Å². The van der Waals surface area contributed by atoms with Crippen molar-refractivity contribution >= 4 is 15.9 Å². The zero-order valence-corrected chi connectivity index (χ0v) is 10.9. The highest BCUT2D eigenvalue weighted by molar-refractivity contribution is 9.10. The van der Waals surface area contributed by atoms with E-state index >= 15 is 0 Å². The highest BCUT2D eigenvalue weighted by Crippen LogP contribution is 2.10. The van der Waals surface area contributed by atoms with Gasteiger partial charge in [-0.15, -0.1) is 0 Å². The Kier molecular flexibility index (Phi) is 4.75. The van der Waals surface area contributed by atoms with Crippen LogP contribution in [0.3, 0.4) is 0 Å². The van der Waals surface area contributed by atoms with Gasteiger partial charge < -0.3 is 10.1 Å². The first-order chi connectivity index (χ1) is 7.84. The van der Waals surface area contributed by atoms with Crippen LogP contribution in [0, 0.1) is 0 Å².